The van der Waals surface area contributed by atoms with Crippen LogP contribution in [-0.4, -0.2) is 26.8 Å². The molecule has 1 heterocycles. The number of rotatable bonds is 5. The van der Waals surface area contributed by atoms with E-state index in [1.54, 1.807) is 13.1 Å². The van der Waals surface area contributed by atoms with Crippen molar-refractivity contribution in [1.29, 1.82) is 0 Å². The van der Waals surface area contributed by atoms with Crippen molar-refractivity contribution in [3.63, 3.8) is 0 Å². The second kappa shape index (κ2) is 6.82. The summed E-state index contributed by atoms with van der Waals surface area (Å²) in [5.74, 6) is -0.407. The molecule has 0 unspecified atom stereocenters. The molecule has 0 bridgehead atoms. The second-order valence-corrected chi connectivity index (χ2v) is 5.08. The number of carbonyl (C=O) groups is 1. The van der Waals surface area contributed by atoms with Crippen LogP contribution in [0.5, 0.6) is 0 Å². The molecule has 8 heteroatoms. The lowest BCUT2D eigenvalue weighted by Gasteiger charge is -2.02. The van der Waals surface area contributed by atoms with E-state index < -0.39 is 10.8 Å². The number of nitrogens with one attached hydrogen (secondary N) is 1. The fourth-order valence-corrected chi connectivity index (χ4v) is 2.18. The molecule has 1 aromatic carbocycles. The number of benzene rings is 1. The van der Waals surface area contributed by atoms with E-state index in [-0.39, 0.29) is 17.9 Å². The maximum Gasteiger partial charge on any atom is 0.312 e. The molecule has 0 spiro atoms. The third-order valence-electron chi connectivity index (χ3n) is 3.40. The Hall–Kier alpha value is -3.03. The van der Waals surface area contributed by atoms with Crippen LogP contribution >= 0.6 is 0 Å². The molecule has 0 aliphatic rings. The Balaban J connectivity index is 2.02. The van der Waals surface area contributed by atoms with Crippen molar-refractivity contribution in [2.24, 2.45) is 5.10 Å². The minimum absolute atomic E-state index is 0.0683. The Labute approximate surface area is 133 Å². The molecule has 2 rings (SSSR count). The highest BCUT2D eigenvalue weighted by molar-refractivity contribution is 5.83. The lowest BCUT2D eigenvalue weighted by molar-refractivity contribution is -0.386. The molecule has 1 amide bonds. The number of aromatic nitrogens is 2. The van der Waals surface area contributed by atoms with Gasteiger partial charge in [0.2, 0.25) is 0 Å². The van der Waals surface area contributed by atoms with Gasteiger partial charge in [-0.15, -0.1) is 0 Å². The zero-order valence-corrected chi connectivity index (χ0v) is 13.1. The third-order valence-corrected chi connectivity index (χ3v) is 3.40. The first-order chi connectivity index (χ1) is 10.9. The summed E-state index contributed by atoms with van der Waals surface area (Å²) in [5.41, 5.74) is 4.88. The van der Waals surface area contributed by atoms with Gasteiger partial charge in [0.1, 0.15) is 17.9 Å². The smallest absolute Gasteiger partial charge is 0.271 e. The van der Waals surface area contributed by atoms with Gasteiger partial charge in [0, 0.05) is 0 Å². The summed E-state index contributed by atoms with van der Waals surface area (Å²) in [5, 5.41) is 18.8. The Bertz CT molecular complexity index is 779. The van der Waals surface area contributed by atoms with Crippen LogP contribution in [0, 0.1) is 30.9 Å². The maximum atomic E-state index is 11.9. The zero-order chi connectivity index (χ0) is 17.0. The highest BCUT2D eigenvalue weighted by Gasteiger charge is 2.22. The number of nitro groups is 1. The van der Waals surface area contributed by atoms with Crippen molar-refractivity contribution < 1.29 is 9.72 Å². The first kappa shape index (κ1) is 16.3. The lowest BCUT2D eigenvalue weighted by Crippen LogP contribution is -2.24. The van der Waals surface area contributed by atoms with E-state index in [0.717, 1.165) is 11.1 Å². The van der Waals surface area contributed by atoms with Crippen molar-refractivity contribution in [3.8, 4) is 0 Å². The molecule has 1 aromatic heterocycles. The molecule has 8 nitrogen and oxygen atoms in total. The average molecular weight is 315 g/mol. The highest BCUT2D eigenvalue weighted by Crippen LogP contribution is 2.21. The van der Waals surface area contributed by atoms with Gasteiger partial charge in [0.25, 0.3) is 5.91 Å². The van der Waals surface area contributed by atoms with Crippen LogP contribution in [-0.2, 0) is 11.3 Å². The van der Waals surface area contributed by atoms with Gasteiger partial charge < -0.3 is 0 Å². The van der Waals surface area contributed by atoms with Gasteiger partial charge >= 0.3 is 5.69 Å². The summed E-state index contributed by atoms with van der Waals surface area (Å²) in [6.45, 7) is 4.90. The highest BCUT2D eigenvalue weighted by atomic mass is 16.6. The molecule has 0 aliphatic heterocycles. The number of amides is 1. The fourth-order valence-electron chi connectivity index (χ4n) is 2.18. The molecule has 23 heavy (non-hydrogen) atoms. The van der Waals surface area contributed by atoms with Crippen LogP contribution in [0.4, 0.5) is 5.69 Å². The standard InChI is InChI=1S/C15H17N5O3/c1-10-6-4-5-7-13(10)8-16-17-14(21)9-19-12(3)15(20(22)23)11(2)18-19/h4-8H,9H2,1-3H3,(H,17,21)/b16-8+. The molecule has 0 saturated carbocycles. The van der Waals surface area contributed by atoms with E-state index in [0.29, 0.717) is 5.69 Å². The van der Waals surface area contributed by atoms with E-state index >= 15 is 0 Å². The van der Waals surface area contributed by atoms with Crippen LogP contribution in [0.15, 0.2) is 29.4 Å². The minimum atomic E-state index is -0.498. The Morgan fingerprint density at radius 2 is 2.09 bits per heavy atom. The molecule has 0 fully saturated rings. The van der Waals surface area contributed by atoms with Crippen molar-refractivity contribution in [1.82, 2.24) is 15.2 Å². The van der Waals surface area contributed by atoms with Crippen LogP contribution in [0.25, 0.3) is 0 Å². The Kier molecular flexibility index (Phi) is 4.85. The predicted octanol–water partition coefficient (Wildman–Crippen LogP) is 1.87. The molecule has 0 atom stereocenters. The molecule has 0 saturated heterocycles. The average Bonchev–Trinajstić information content (AvgIpc) is 2.75. The molecule has 0 aliphatic carbocycles. The first-order valence-electron chi connectivity index (χ1n) is 6.96. The van der Waals surface area contributed by atoms with Crippen molar-refractivity contribution in [2.45, 2.75) is 27.3 Å². The number of aryl methyl sites for hydroxylation is 2. The maximum absolute atomic E-state index is 11.9. The summed E-state index contributed by atoms with van der Waals surface area (Å²) in [6, 6.07) is 7.62. The van der Waals surface area contributed by atoms with E-state index in [9.17, 15) is 14.9 Å². The Morgan fingerprint density at radius 1 is 1.39 bits per heavy atom. The van der Waals surface area contributed by atoms with E-state index in [4.69, 9.17) is 0 Å². The number of carbonyl (C=O) groups excluding carboxylic acids is 1. The summed E-state index contributed by atoms with van der Waals surface area (Å²) < 4.78 is 1.30. The summed E-state index contributed by atoms with van der Waals surface area (Å²) in [7, 11) is 0. The van der Waals surface area contributed by atoms with Crippen LogP contribution < -0.4 is 5.43 Å². The summed E-state index contributed by atoms with van der Waals surface area (Å²) in [6.07, 6.45) is 1.55. The van der Waals surface area contributed by atoms with Crippen molar-refractivity contribution in [3.05, 3.63) is 56.9 Å². The van der Waals surface area contributed by atoms with Crippen LogP contribution in [0.3, 0.4) is 0 Å². The number of hydrogen-bond acceptors (Lipinski definition) is 5. The summed E-state index contributed by atoms with van der Waals surface area (Å²) in [4.78, 5) is 22.3. The van der Waals surface area contributed by atoms with Gasteiger partial charge in [-0.2, -0.15) is 10.2 Å². The Morgan fingerprint density at radius 3 is 2.70 bits per heavy atom. The van der Waals surface area contributed by atoms with Gasteiger partial charge in [0.15, 0.2) is 0 Å². The quantitative estimate of drug-likeness (QED) is 0.517. The van der Waals surface area contributed by atoms with E-state index in [1.165, 1.54) is 11.6 Å². The van der Waals surface area contributed by atoms with E-state index in [2.05, 4.69) is 15.6 Å². The SMILES string of the molecule is Cc1ccccc1/C=N/NC(=O)Cn1nc(C)c([N+](=O)[O-])c1C. The normalized spacial score (nSPS) is 10.9. The van der Waals surface area contributed by atoms with Crippen molar-refractivity contribution >= 4 is 17.8 Å². The largest absolute Gasteiger partial charge is 0.312 e. The third kappa shape index (κ3) is 3.79. The van der Waals surface area contributed by atoms with E-state index in [1.807, 2.05) is 31.2 Å². The monoisotopic (exact) mass is 315 g/mol. The van der Waals surface area contributed by atoms with Gasteiger partial charge in [-0.05, 0) is 31.9 Å². The van der Waals surface area contributed by atoms with Crippen LogP contribution in [0.1, 0.15) is 22.5 Å². The fraction of sp³-hybridized carbons (Fsp3) is 0.267. The van der Waals surface area contributed by atoms with Gasteiger partial charge in [-0.25, -0.2) is 5.43 Å². The van der Waals surface area contributed by atoms with Gasteiger partial charge in [0.05, 0.1) is 11.1 Å². The number of hydrazone groups is 1. The zero-order valence-electron chi connectivity index (χ0n) is 13.1. The number of nitrogens with zero attached hydrogens (tertiary/aromatic N) is 4. The first-order valence-corrected chi connectivity index (χ1v) is 6.96. The molecular formula is C15H17N5O3. The van der Waals surface area contributed by atoms with Crippen LogP contribution in [0.2, 0.25) is 0 Å². The molecule has 2 aromatic rings. The molecule has 1 N–H and O–H groups in total. The molecular weight excluding hydrogens is 298 g/mol. The number of hydrogen-bond donors (Lipinski definition) is 1. The lowest BCUT2D eigenvalue weighted by atomic mass is 10.1. The van der Waals surface area contributed by atoms with Crippen molar-refractivity contribution in [2.75, 3.05) is 0 Å². The minimum Gasteiger partial charge on any atom is -0.271 e. The molecule has 0 radical (unpaired) electrons. The molecule has 120 valence electrons. The predicted molar refractivity (Wildman–Crippen MR) is 85.3 cm³/mol. The van der Waals surface area contributed by atoms with Gasteiger partial charge in [-0.1, -0.05) is 24.3 Å². The topological polar surface area (TPSA) is 102 Å². The second-order valence-electron chi connectivity index (χ2n) is 5.08. The van der Waals surface area contributed by atoms with Gasteiger partial charge in [-0.3, -0.25) is 19.6 Å². The summed E-state index contributed by atoms with van der Waals surface area (Å²) >= 11 is 0.